The number of halogens is 1. The summed E-state index contributed by atoms with van der Waals surface area (Å²) in [4.78, 5) is 34.4. The number of piperazine rings is 1. The van der Waals surface area contributed by atoms with Crippen LogP contribution in [0.3, 0.4) is 0 Å². The number of nitrogens with one attached hydrogen (secondary N) is 1. The first-order chi connectivity index (χ1) is 28.0. The Labute approximate surface area is 342 Å². The molecule has 8 nitrogen and oxygen atoms in total. The van der Waals surface area contributed by atoms with E-state index in [1.807, 2.05) is 0 Å². The largest absolute Gasteiger partial charge is 0.492 e. The highest BCUT2D eigenvalue weighted by Gasteiger charge is 2.45. The monoisotopic (exact) mass is 783 g/mol. The van der Waals surface area contributed by atoms with E-state index in [1.54, 1.807) is 0 Å². The number of allylic oxidation sites excluding steroid dienone is 1. The molecule has 3 unspecified atom stereocenters. The molecule has 10 rings (SSSR count). The number of benzene rings is 4. The summed E-state index contributed by atoms with van der Waals surface area (Å²) in [6.07, 6.45) is 5.61. The molecule has 4 aromatic carbocycles. The van der Waals surface area contributed by atoms with Gasteiger partial charge >= 0.3 is 0 Å². The van der Waals surface area contributed by atoms with Crippen LogP contribution in [0, 0.1) is 5.92 Å². The molecule has 2 amide bonds. The van der Waals surface area contributed by atoms with Gasteiger partial charge < -0.3 is 9.64 Å². The Balaban J connectivity index is 0.730. The van der Waals surface area contributed by atoms with Crippen LogP contribution in [-0.4, -0.2) is 96.4 Å². The van der Waals surface area contributed by atoms with E-state index < -0.39 is 0 Å². The summed E-state index contributed by atoms with van der Waals surface area (Å²) in [5.74, 6) is 1.93. The number of likely N-dealkylation sites (tertiary alicyclic amines) is 1. The summed E-state index contributed by atoms with van der Waals surface area (Å²) in [6, 6.07) is 37.7. The molecule has 2 bridgehead atoms. The first-order valence-corrected chi connectivity index (χ1v) is 21.6. The average molecular weight is 784 g/mol. The molecular weight excluding hydrogens is 730 g/mol. The number of amides is 2. The van der Waals surface area contributed by atoms with E-state index >= 15 is 0 Å². The van der Waals surface area contributed by atoms with Crippen LogP contribution in [0.1, 0.15) is 66.3 Å². The van der Waals surface area contributed by atoms with Crippen molar-refractivity contribution in [2.75, 3.05) is 56.7 Å². The van der Waals surface area contributed by atoms with Gasteiger partial charge in [0.15, 0.2) is 0 Å². The molecule has 296 valence electrons. The van der Waals surface area contributed by atoms with Crippen LogP contribution in [0.15, 0.2) is 103 Å². The van der Waals surface area contributed by atoms with Crippen LogP contribution in [0.2, 0.25) is 0 Å². The number of alkyl halides is 1. The Morgan fingerprint density at radius 2 is 1.44 bits per heavy atom. The maximum atomic E-state index is 12.5. The highest BCUT2D eigenvalue weighted by atomic mass is 35.5. The predicted molar refractivity (Wildman–Crippen MR) is 228 cm³/mol. The first-order valence-electron chi connectivity index (χ1n) is 21.0. The Morgan fingerprint density at radius 1 is 0.754 bits per heavy atom. The minimum atomic E-state index is -0.210. The molecular formula is C48H54ClN5O3. The van der Waals surface area contributed by atoms with Gasteiger partial charge in [-0.2, -0.15) is 0 Å². The van der Waals surface area contributed by atoms with Crippen LogP contribution in [0.4, 0.5) is 5.69 Å². The number of nitrogens with zero attached hydrogens (tertiary/aromatic N) is 4. The zero-order valence-electron chi connectivity index (χ0n) is 32.8. The fraction of sp³-hybridized carbons (Fsp3) is 0.417. The number of ether oxygens (including phenoxy) is 1. The SMILES string of the molecule is O=C1CCC(N2Cc3ccc(N4C5CC4CN(CC4CCN(CCOc6ccc(C(=C(CCCl)c7ccccc7)c7ccccc7)cc6)CC4)C5)cc3C2)C(=O)N1. The number of rotatable bonds is 13. The molecule has 3 atom stereocenters. The van der Waals surface area contributed by atoms with Gasteiger partial charge in [-0.3, -0.25) is 29.6 Å². The summed E-state index contributed by atoms with van der Waals surface area (Å²) in [5, 5.41) is 2.53. The Morgan fingerprint density at radius 3 is 2.14 bits per heavy atom. The van der Waals surface area contributed by atoms with Gasteiger partial charge in [0, 0.05) is 69.3 Å². The van der Waals surface area contributed by atoms with Gasteiger partial charge in [0.25, 0.3) is 0 Å². The summed E-state index contributed by atoms with van der Waals surface area (Å²) < 4.78 is 6.30. The number of carbonyl (C=O) groups is 2. The number of hydrogen-bond donors (Lipinski definition) is 1. The smallest absolute Gasteiger partial charge is 0.243 e. The Bertz CT molecular complexity index is 2050. The van der Waals surface area contributed by atoms with Crippen molar-refractivity contribution in [3.63, 3.8) is 0 Å². The fourth-order valence-corrected chi connectivity index (χ4v) is 10.3. The maximum Gasteiger partial charge on any atom is 0.243 e. The molecule has 4 aromatic rings. The maximum absolute atomic E-state index is 12.5. The first kappa shape index (κ1) is 38.1. The summed E-state index contributed by atoms with van der Waals surface area (Å²) >= 11 is 6.36. The van der Waals surface area contributed by atoms with E-state index in [4.69, 9.17) is 16.3 Å². The molecule has 0 aliphatic carbocycles. The lowest BCUT2D eigenvalue weighted by molar-refractivity contribution is -0.137. The second-order valence-electron chi connectivity index (χ2n) is 16.7. The molecule has 57 heavy (non-hydrogen) atoms. The summed E-state index contributed by atoms with van der Waals surface area (Å²) in [7, 11) is 0. The van der Waals surface area contributed by atoms with Gasteiger partial charge in [-0.05, 0) is 114 Å². The van der Waals surface area contributed by atoms with Crippen LogP contribution < -0.4 is 15.0 Å². The lowest BCUT2D eigenvalue weighted by Crippen LogP contribution is -2.69. The van der Waals surface area contributed by atoms with Gasteiger partial charge in [-0.25, -0.2) is 0 Å². The normalized spacial score (nSPS) is 23.5. The van der Waals surface area contributed by atoms with E-state index in [9.17, 15) is 9.59 Å². The molecule has 1 N–H and O–H groups in total. The van der Waals surface area contributed by atoms with Crippen LogP contribution >= 0.6 is 11.6 Å². The number of imide groups is 1. The third-order valence-electron chi connectivity index (χ3n) is 13.0. The molecule has 0 spiro atoms. The molecule has 6 heterocycles. The number of piperidine rings is 3. The standard InChI is InChI=1S/C48H54ClN5O3/c49-22-19-44(35-7-3-1-4-8-35)47(36-9-5-2-6-10-36)37-12-15-43(16-13-37)57-26-25-51-23-20-34(21-24-51)29-52-32-41-28-42(33-52)54(41)40-14-11-38-30-53(31-39(38)27-40)45-17-18-46(55)50-48(45)56/h1-16,27,34,41-42,45H,17-26,28-33H2,(H,50,55,56). The second-order valence-corrected chi connectivity index (χ2v) is 17.1. The van der Waals surface area contributed by atoms with Gasteiger partial charge in [0.1, 0.15) is 12.4 Å². The quantitative estimate of drug-likeness (QED) is 0.0859. The number of hydrogen-bond acceptors (Lipinski definition) is 7. The number of fused-ring (bicyclic) bond motifs is 3. The molecule has 6 aliphatic rings. The van der Waals surface area contributed by atoms with E-state index in [1.165, 1.54) is 70.5 Å². The summed E-state index contributed by atoms with van der Waals surface area (Å²) in [6.45, 7) is 8.97. The highest BCUT2D eigenvalue weighted by Crippen LogP contribution is 2.40. The topological polar surface area (TPSA) is 68.4 Å². The fourth-order valence-electron chi connectivity index (χ4n) is 10.1. The van der Waals surface area contributed by atoms with Crippen molar-refractivity contribution in [3.8, 4) is 5.75 Å². The Kier molecular flexibility index (Phi) is 11.5. The van der Waals surface area contributed by atoms with Crippen LogP contribution in [-0.2, 0) is 22.7 Å². The molecule has 5 saturated heterocycles. The van der Waals surface area contributed by atoms with Crippen molar-refractivity contribution in [2.24, 2.45) is 5.92 Å². The predicted octanol–water partition coefficient (Wildman–Crippen LogP) is 7.45. The van der Waals surface area contributed by atoms with Crippen molar-refractivity contribution >= 4 is 40.2 Å². The summed E-state index contributed by atoms with van der Waals surface area (Å²) in [5.41, 5.74) is 10.0. The van der Waals surface area contributed by atoms with Crippen LogP contribution in [0.5, 0.6) is 5.75 Å². The van der Waals surface area contributed by atoms with Crippen molar-refractivity contribution < 1.29 is 14.3 Å². The zero-order chi connectivity index (χ0) is 38.7. The van der Waals surface area contributed by atoms with Gasteiger partial charge in [-0.15, -0.1) is 11.6 Å². The van der Waals surface area contributed by atoms with Crippen LogP contribution in [0.25, 0.3) is 11.1 Å². The molecule has 0 saturated carbocycles. The van der Waals surface area contributed by atoms with Crippen molar-refractivity contribution in [1.82, 2.24) is 20.0 Å². The minimum absolute atomic E-state index is 0.141. The third-order valence-corrected chi connectivity index (χ3v) is 13.2. The number of anilines is 1. The van der Waals surface area contributed by atoms with Crippen molar-refractivity contribution in [1.29, 1.82) is 0 Å². The third kappa shape index (κ3) is 8.42. The minimum Gasteiger partial charge on any atom is -0.492 e. The zero-order valence-corrected chi connectivity index (χ0v) is 33.6. The molecule has 0 aromatic heterocycles. The molecule has 0 radical (unpaired) electrons. The number of carbonyl (C=O) groups excluding carboxylic acids is 2. The molecule has 6 aliphatic heterocycles. The van der Waals surface area contributed by atoms with Gasteiger partial charge in [0.2, 0.25) is 11.8 Å². The van der Waals surface area contributed by atoms with E-state index in [0.717, 1.165) is 63.9 Å². The van der Waals surface area contributed by atoms with Gasteiger partial charge in [0.05, 0.1) is 6.04 Å². The Hall–Kier alpha value is -4.47. The van der Waals surface area contributed by atoms with Gasteiger partial charge in [-0.1, -0.05) is 78.9 Å². The second kappa shape index (κ2) is 17.2. The molecule has 9 heteroatoms. The lowest BCUT2D eigenvalue weighted by Gasteiger charge is -2.58. The highest BCUT2D eigenvalue weighted by molar-refractivity contribution is 6.18. The van der Waals surface area contributed by atoms with Crippen molar-refractivity contribution in [2.45, 2.75) is 69.7 Å². The van der Waals surface area contributed by atoms with E-state index in [0.29, 0.717) is 37.4 Å². The van der Waals surface area contributed by atoms with E-state index in [-0.39, 0.29) is 17.9 Å². The van der Waals surface area contributed by atoms with Crippen molar-refractivity contribution in [3.05, 3.63) is 131 Å². The average Bonchev–Trinajstić information content (AvgIpc) is 3.66. The molecule has 5 fully saturated rings. The lowest BCUT2D eigenvalue weighted by atomic mass is 9.85. The van der Waals surface area contributed by atoms with E-state index in [2.05, 4.69) is 128 Å².